The predicted molar refractivity (Wildman–Crippen MR) is 74.8 cm³/mol. The maximum absolute atomic E-state index is 5.97. The highest BCUT2D eigenvalue weighted by Crippen LogP contribution is 2.34. The van der Waals surface area contributed by atoms with E-state index in [2.05, 4.69) is 24.0 Å². The molecule has 1 unspecified atom stereocenters. The molecule has 3 heteroatoms. The highest BCUT2D eigenvalue weighted by molar-refractivity contribution is 5.29. The predicted octanol–water partition coefficient (Wildman–Crippen LogP) is 2.57. The van der Waals surface area contributed by atoms with Crippen molar-refractivity contribution in [3.05, 3.63) is 29.8 Å². The zero-order chi connectivity index (χ0) is 13.0. The van der Waals surface area contributed by atoms with Crippen molar-refractivity contribution in [1.82, 2.24) is 4.90 Å². The second kappa shape index (κ2) is 6.21. The molecule has 0 bridgehead atoms. The van der Waals surface area contributed by atoms with Crippen molar-refractivity contribution in [2.75, 3.05) is 19.7 Å². The lowest BCUT2D eigenvalue weighted by Crippen LogP contribution is -2.35. The van der Waals surface area contributed by atoms with Crippen LogP contribution in [0.4, 0.5) is 0 Å². The monoisotopic (exact) mass is 248 g/mol. The maximum atomic E-state index is 5.97. The Kier molecular flexibility index (Phi) is 4.61. The van der Waals surface area contributed by atoms with Crippen molar-refractivity contribution in [2.24, 2.45) is 5.73 Å². The van der Waals surface area contributed by atoms with Crippen LogP contribution in [-0.4, -0.2) is 30.6 Å². The third kappa shape index (κ3) is 3.03. The zero-order valence-electron chi connectivity index (χ0n) is 11.4. The van der Waals surface area contributed by atoms with E-state index in [1.165, 1.54) is 18.4 Å². The zero-order valence-corrected chi connectivity index (χ0v) is 11.4. The fourth-order valence-corrected chi connectivity index (χ4v) is 2.56. The van der Waals surface area contributed by atoms with Crippen molar-refractivity contribution in [1.29, 1.82) is 0 Å². The van der Waals surface area contributed by atoms with Crippen LogP contribution in [-0.2, 0) is 0 Å². The number of hydrogen-bond donors (Lipinski definition) is 1. The van der Waals surface area contributed by atoms with E-state index in [1.54, 1.807) is 0 Å². The van der Waals surface area contributed by atoms with Gasteiger partial charge in [0.05, 0.1) is 6.61 Å². The van der Waals surface area contributed by atoms with E-state index in [0.717, 1.165) is 18.3 Å². The molecular formula is C15H24N2O. The van der Waals surface area contributed by atoms with Crippen LogP contribution in [0.1, 0.15) is 38.3 Å². The molecule has 100 valence electrons. The molecule has 1 aromatic carbocycles. The van der Waals surface area contributed by atoms with Crippen molar-refractivity contribution in [3.8, 4) is 5.75 Å². The van der Waals surface area contributed by atoms with Crippen molar-refractivity contribution < 1.29 is 4.74 Å². The van der Waals surface area contributed by atoms with Crippen molar-refractivity contribution in [3.63, 3.8) is 0 Å². The van der Waals surface area contributed by atoms with E-state index in [9.17, 15) is 0 Å². The molecular weight excluding hydrogens is 224 g/mol. The third-order valence-corrected chi connectivity index (χ3v) is 3.58. The Balaban J connectivity index is 2.10. The molecule has 18 heavy (non-hydrogen) atoms. The number of nitrogens with two attached hydrogens (primary N) is 1. The molecule has 1 aromatic rings. The number of hydrogen-bond acceptors (Lipinski definition) is 3. The minimum Gasteiger partial charge on any atom is -0.494 e. The number of benzene rings is 1. The van der Waals surface area contributed by atoms with Crippen molar-refractivity contribution >= 4 is 0 Å². The van der Waals surface area contributed by atoms with E-state index in [1.807, 2.05) is 19.1 Å². The van der Waals surface area contributed by atoms with Crippen LogP contribution < -0.4 is 10.5 Å². The first-order valence-corrected chi connectivity index (χ1v) is 6.98. The first-order chi connectivity index (χ1) is 8.80. The molecule has 0 aromatic heterocycles. The first-order valence-electron chi connectivity index (χ1n) is 6.98. The Hall–Kier alpha value is -1.06. The summed E-state index contributed by atoms with van der Waals surface area (Å²) in [5.74, 6) is 0.937. The van der Waals surface area contributed by atoms with Crippen LogP contribution in [0, 0.1) is 0 Å². The summed E-state index contributed by atoms with van der Waals surface area (Å²) in [7, 11) is 0. The minimum atomic E-state index is 0.346. The Labute approximate surface area is 110 Å². The quantitative estimate of drug-likeness (QED) is 0.806. The van der Waals surface area contributed by atoms with Crippen LogP contribution in [0.3, 0.4) is 0 Å². The molecule has 1 aliphatic carbocycles. The lowest BCUT2D eigenvalue weighted by Gasteiger charge is -2.30. The minimum absolute atomic E-state index is 0.346. The average molecular weight is 248 g/mol. The summed E-state index contributed by atoms with van der Waals surface area (Å²) in [5.41, 5.74) is 7.27. The molecule has 1 fully saturated rings. The van der Waals surface area contributed by atoms with Gasteiger partial charge in [-0.2, -0.15) is 0 Å². The first kappa shape index (κ1) is 13.4. The van der Waals surface area contributed by atoms with Gasteiger partial charge in [0.2, 0.25) is 0 Å². The summed E-state index contributed by atoms with van der Waals surface area (Å²) < 4.78 is 5.48. The lowest BCUT2D eigenvalue weighted by molar-refractivity contribution is 0.202. The van der Waals surface area contributed by atoms with Gasteiger partial charge in [0.25, 0.3) is 0 Å². The van der Waals surface area contributed by atoms with Crippen molar-refractivity contribution in [2.45, 2.75) is 38.8 Å². The summed E-state index contributed by atoms with van der Waals surface area (Å²) in [4.78, 5) is 2.52. The van der Waals surface area contributed by atoms with Gasteiger partial charge in [0.1, 0.15) is 5.75 Å². The van der Waals surface area contributed by atoms with Gasteiger partial charge < -0.3 is 10.5 Å². The molecule has 3 nitrogen and oxygen atoms in total. The number of rotatable bonds is 7. The third-order valence-electron chi connectivity index (χ3n) is 3.58. The molecule has 0 heterocycles. The topological polar surface area (TPSA) is 38.5 Å². The number of nitrogens with zero attached hydrogens (tertiary/aromatic N) is 1. The molecule has 0 radical (unpaired) electrons. The fraction of sp³-hybridized carbons (Fsp3) is 0.600. The van der Waals surface area contributed by atoms with E-state index in [4.69, 9.17) is 10.5 Å². The van der Waals surface area contributed by atoms with Crippen LogP contribution in [0.2, 0.25) is 0 Å². The normalized spacial score (nSPS) is 16.9. The second-order valence-corrected chi connectivity index (χ2v) is 4.82. The van der Waals surface area contributed by atoms with E-state index in [-0.39, 0.29) is 0 Å². The SMILES string of the molecule is CCOc1ccc(C(CN)N(CC)C2CC2)cc1. The summed E-state index contributed by atoms with van der Waals surface area (Å²) in [6.45, 7) is 6.68. The smallest absolute Gasteiger partial charge is 0.119 e. The molecule has 2 N–H and O–H groups in total. The van der Waals surface area contributed by atoms with Gasteiger partial charge in [-0.25, -0.2) is 0 Å². The summed E-state index contributed by atoms with van der Waals surface area (Å²) in [6.07, 6.45) is 2.64. The summed E-state index contributed by atoms with van der Waals surface area (Å²) in [6, 6.07) is 9.47. The van der Waals surface area contributed by atoms with Gasteiger partial charge in [-0.15, -0.1) is 0 Å². The summed E-state index contributed by atoms with van der Waals surface area (Å²) >= 11 is 0. The lowest BCUT2D eigenvalue weighted by atomic mass is 10.0. The summed E-state index contributed by atoms with van der Waals surface area (Å²) in [5, 5.41) is 0. The molecule has 0 aliphatic heterocycles. The van der Waals surface area contributed by atoms with Gasteiger partial charge in [-0.05, 0) is 44.0 Å². The fourth-order valence-electron chi connectivity index (χ4n) is 2.56. The van der Waals surface area contributed by atoms with Gasteiger partial charge in [-0.3, -0.25) is 4.90 Å². The molecule has 1 aliphatic rings. The largest absolute Gasteiger partial charge is 0.494 e. The standard InChI is InChI=1S/C15H24N2O/c1-3-17(13-7-8-13)15(11-16)12-5-9-14(10-6-12)18-4-2/h5-6,9-10,13,15H,3-4,7-8,11,16H2,1-2H3. The maximum Gasteiger partial charge on any atom is 0.119 e. The molecule has 1 atom stereocenters. The highest BCUT2D eigenvalue weighted by atomic mass is 16.5. The van der Waals surface area contributed by atoms with Crippen LogP contribution in [0.15, 0.2) is 24.3 Å². The van der Waals surface area contributed by atoms with Gasteiger partial charge in [0.15, 0.2) is 0 Å². The Morgan fingerprint density at radius 2 is 1.94 bits per heavy atom. The van der Waals surface area contributed by atoms with Crippen LogP contribution >= 0.6 is 0 Å². The number of ether oxygens (including phenoxy) is 1. The second-order valence-electron chi connectivity index (χ2n) is 4.82. The average Bonchev–Trinajstić information content (AvgIpc) is 3.22. The van der Waals surface area contributed by atoms with Gasteiger partial charge in [-0.1, -0.05) is 19.1 Å². The Morgan fingerprint density at radius 3 is 2.39 bits per heavy atom. The molecule has 0 spiro atoms. The molecule has 0 amide bonds. The van der Waals surface area contributed by atoms with E-state index >= 15 is 0 Å². The van der Waals surface area contributed by atoms with Gasteiger partial charge in [0, 0.05) is 18.6 Å². The Bertz CT molecular complexity index is 359. The molecule has 2 rings (SSSR count). The van der Waals surface area contributed by atoms with Crippen LogP contribution in [0.5, 0.6) is 5.75 Å². The van der Waals surface area contributed by atoms with Gasteiger partial charge >= 0.3 is 0 Å². The molecule has 1 saturated carbocycles. The molecule has 0 saturated heterocycles. The highest BCUT2D eigenvalue weighted by Gasteiger charge is 2.32. The van der Waals surface area contributed by atoms with E-state index < -0.39 is 0 Å². The Morgan fingerprint density at radius 1 is 1.28 bits per heavy atom. The number of likely N-dealkylation sites (N-methyl/N-ethyl adjacent to an activating group) is 1. The van der Waals surface area contributed by atoms with E-state index in [0.29, 0.717) is 19.2 Å². The van der Waals surface area contributed by atoms with Crippen LogP contribution in [0.25, 0.3) is 0 Å².